The number of carbonyl (C=O) groups is 3. The summed E-state index contributed by atoms with van der Waals surface area (Å²) in [6.45, 7) is 23.0. The Morgan fingerprint density at radius 2 is 1.62 bits per heavy atom. The second-order valence-corrected chi connectivity index (χ2v) is 13.8. The van der Waals surface area contributed by atoms with Gasteiger partial charge in [0.25, 0.3) is 0 Å². The molecule has 0 radical (unpaired) electrons. The van der Waals surface area contributed by atoms with Crippen LogP contribution in [0, 0.1) is 29.1 Å². The summed E-state index contributed by atoms with van der Waals surface area (Å²) in [5.74, 6) is 0.784. The standard InChI is InChI=1S/C34H46O3/c1-18(2)12-13-24-14-25(19(3)4)26-16-32(9)17-33(10)15-20(5)27(23(8)35)31(37)34(33,11)22(7)29(32)30(36)28(26)21(24)6/h14,18-19H,12-13,15-17H2,1-11H3/t32-,33+,34+/m1/s1. The van der Waals surface area contributed by atoms with Crippen LogP contribution in [0.5, 0.6) is 0 Å². The molecule has 3 aliphatic carbocycles. The molecule has 3 atom stereocenters. The Morgan fingerprint density at radius 1 is 1.00 bits per heavy atom. The van der Waals surface area contributed by atoms with E-state index in [1.54, 1.807) is 0 Å². The van der Waals surface area contributed by atoms with Gasteiger partial charge in [0.2, 0.25) is 0 Å². The maximum atomic E-state index is 14.6. The fourth-order valence-electron chi connectivity index (χ4n) is 8.28. The number of carbonyl (C=O) groups excluding carboxylic acids is 3. The Bertz CT molecular complexity index is 1290. The predicted molar refractivity (Wildman–Crippen MR) is 151 cm³/mol. The molecule has 0 aliphatic heterocycles. The fraction of sp³-hybridized carbons (Fsp3) is 0.618. The zero-order valence-electron chi connectivity index (χ0n) is 25.0. The summed E-state index contributed by atoms with van der Waals surface area (Å²) in [6.07, 6.45) is 4.35. The van der Waals surface area contributed by atoms with E-state index in [2.05, 4.69) is 54.5 Å². The van der Waals surface area contributed by atoms with Gasteiger partial charge < -0.3 is 0 Å². The molecule has 0 N–H and O–H groups in total. The van der Waals surface area contributed by atoms with Crippen molar-refractivity contribution in [3.63, 3.8) is 0 Å². The van der Waals surface area contributed by atoms with E-state index in [1.165, 1.54) is 23.6 Å². The average molecular weight is 503 g/mol. The van der Waals surface area contributed by atoms with Crippen molar-refractivity contribution in [3.05, 3.63) is 56.2 Å². The monoisotopic (exact) mass is 502 g/mol. The number of benzene rings is 1. The van der Waals surface area contributed by atoms with Crippen molar-refractivity contribution >= 4 is 17.3 Å². The van der Waals surface area contributed by atoms with E-state index in [0.717, 1.165) is 53.5 Å². The Kier molecular flexibility index (Phi) is 6.66. The first-order chi connectivity index (χ1) is 17.0. The zero-order chi connectivity index (χ0) is 27.8. The number of ketones is 3. The van der Waals surface area contributed by atoms with Crippen LogP contribution in [-0.2, 0) is 22.4 Å². The third-order valence-corrected chi connectivity index (χ3v) is 10.3. The summed E-state index contributed by atoms with van der Waals surface area (Å²) in [5.41, 5.74) is 7.20. The first kappa shape index (κ1) is 27.7. The van der Waals surface area contributed by atoms with E-state index in [0.29, 0.717) is 23.8 Å². The van der Waals surface area contributed by atoms with Crippen LogP contribution < -0.4 is 0 Å². The van der Waals surface area contributed by atoms with Crippen LogP contribution in [0.4, 0.5) is 0 Å². The van der Waals surface area contributed by atoms with E-state index >= 15 is 0 Å². The van der Waals surface area contributed by atoms with E-state index in [-0.39, 0.29) is 28.2 Å². The van der Waals surface area contributed by atoms with Crippen LogP contribution in [0.3, 0.4) is 0 Å². The van der Waals surface area contributed by atoms with Gasteiger partial charge in [-0.15, -0.1) is 0 Å². The highest BCUT2D eigenvalue weighted by molar-refractivity contribution is 6.24. The molecule has 4 rings (SSSR count). The highest BCUT2D eigenvalue weighted by Gasteiger charge is 2.63. The summed E-state index contributed by atoms with van der Waals surface area (Å²) < 4.78 is 0. The molecule has 0 bridgehead atoms. The highest BCUT2D eigenvalue weighted by Crippen LogP contribution is 2.66. The van der Waals surface area contributed by atoms with Gasteiger partial charge in [-0.3, -0.25) is 14.4 Å². The zero-order valence-corrected chi connectivity index (χ0v) is 25.0. The van der Waals surface area contributed by atoms with Crippen molar-refractivity contribution in [1.82, 2.24) is 0 Å². The van der Waals surface area contributed by atoms with E-state index < -0.39 is 5.41 Å². The van der Waals surface area contributed by atoms with E-state index in [4.69, 9.17) is 0 Å². The van der Waals surface area contributed by atoms with Crippen LogP contribution in [-0.4, -0.2) is 17.3 Å². The molecular weight excluding hydrogens is 456 g/mol. The molecule has 0 heterocycles. The molecule has 0 saturated heterocycles. The lowest BCUT2D eigenvalue weighted by atomic mass is 9.42. The number of fused-ring (bicyclic) bond motifs is 3. The quantitative estimate of drug-likeness (QED) is 0.383. The molecule has 1 aromatic rings. The Hall–Kier alpha value is -2.29. The van der Waals surface area contributed by atoms with Crippen molar-refractivity contribution in [3.8, 4) is 0 Å². The summed E-state index contributed by atoms with van der Waals surface area (Å²) in [6, 6.07) is 2.38. The fourth-order valence-corrected chi connectivity index (χ4v) is 8.28. The van der Waals surface area contributed by atoms with Crippen molar-refractivity contribution in [2.24, 2.45) is 22.2 Å². The molecule has 3 heteroatoms. The molecular formula is C34H46O3. The van der Waals surface area contributed by atoms with Gasteiger partial charge in [-0.1, -0.05) is 58.8 Å². The van der Waals surface area contributed by atoms with Gasteiger partial charge in [0, 0.05) is 16.6 Å². The predicted octanol–water partition coefficient (Wildman–Crippen LogP) is 8.06. The molecule has 0 unspecified atom stereocenters. The molecule has 3 nitrogen and oxygen atoms in total. The average Bonchev–Trinajstić information content (AvgIpc) is 2.74. The number of aryl methyl sites for hydroxylation is 1. The van der Waals surface area contributed by atoms with Gasteiger partial charge in [0.1, 0.15) is 0 Å². The second-order valence-electron chi connectivity index (χ2n) is 13.8. The minimum Gasteiger partial charge on any atom is -0.294 e. The highest BCUT2D eigenvalue weighted by atomic mass is 16.2. The Labute approximate surface area is 224 Å². The van der Waals surface area contributed by atoms with Gasteiger partial charge in [0.15, 0.2) is 17.3 Å². The molecule has 0 spiro atoms. The molecule has 0 fully saturated rings. The third-order valence-electron chi connectivity index (χ3n) is 10.3. The van der Waals surface area contributed by atoms with E-state index in [1.807, 2.05) is 20.8 Å². The van der Waals surface area contributed by atoms with Crippen molar-refractivity contribution in [2.75, 3.05) is 0 Å². The summed E-state index contributed by atoms with van der Waals surface area (Å²) in [4.78, 5) is 41.2. The number of allylic oxidation sites excluding steroid dienone is 4. The molecule has 37 heavy (non-hydrogen) atoms. The molecule has 0 aromatic heterocycles. The molecule has 200 valence electrons. The molecule has 0 amide bonds. The van der Waals surface area contributed by atoms with Gasteiger partial charge in [-0.05, 0) is 106 Å². The summed E-state index contributed by atoms with van der Waals surface area (Å²) >= 11 is 0. The largest absolute Gasteiger partial charge is 0.294 e. The maximum Gasteiger partial charge on any atom is 0.190 e. The normalized spacial score (nSPS) is 29.6. The smallest absolute Gasteiger partial charge is 0.190 e. The van der Waals surface area contributed by atoms with Crippen LogP contribution in [0.25, 0.3) is 0 Å². The van der Waals surface area contributed by atoms with Crippen LogP contribution in [0.1, 0.15) is 127 Å². The SMILES string of the molecule is CC(=O)C1=C(C)C[C@@]2(C)C[C@@]3(C)Cc4c(C(C)C)cc(CCC(C)C)c(C)c4C(=O)C3=C(C)[C@@]2(C)C1=O. The second kappa shape index (κ2) is 8.89. The first-order valence-corrected chi connectivity index (χ1v) is 14.2. The number of rotatable bonds is 5. The lowest BCUT2D eigenvalue weighted by molar-refractivity contribution is -0.134. The Morgan fingerprint density at radius 3 is 2.16 bits per heavy atom. The van der Waals surface area contributed by atoms with Crippen molar-refractivity contribution in [2.45, 2.75) is 114 Å². The lowest BCUT2D eigenvalue weighted by Gasteiger charge is -2.59. The number of hydrogen-bond acceptors (Lipinski definition) is 3. The molecule has 0 saturated carbocycles. The minimum atomic E-state index is -0.862. The summed E-state index contributed by atoms with van der Waals surface area (Å²) in [5, 5.41) is 0. The van der Waals surface area contributed by atoms with Gasteiger partial charge >= 0.3 is 0 Å². The van der Waals surface area contributed by atoms with Crippen molar-refractivity contribution < 1.29 is 14.4 Å². The Balaban J connectivity index is 1.99. The van der Waals surface area contributed by atoms with E-state index in [9.17, 15) is 14.4 Å². The van der Waals surface area contributed by atoms with Crippen molar-refractivity contribution in [1.29, 1.82) is 0 Å². The number of Topliss-reactive ketones (excluding diaryl/α,β-unsaturated/α-hetero) is 3. The van der Waals surface area contributed by atoms with Crippen LogP contribution in [0.2, 0.25) is 0 Å². The summed E-state index contributed by atoms with van der Waals surface area (Å²) in [7, 11) is 0. The van der Waals surface area contributed by atoms with Gasteiger partial charge in [0.05, 0.1) is 11.0 Å². The molecule has 1 aromatic carbocycles. The minimum absolute atomic E-state index is 0.0952. The molecule has 3 aliphatic rings. The maximum absolute atomic E-state index is 14.6. The topological polar surface area (TPSA) is 51.2 Å². The third kappa shape index (κ3) is 3.86. The lowest BCUT2D eigenvalue weighted by Crippen LogP contribution is -2.57. The first-order valence-electron chi connectivity index (χ1n) is 14.2. The van der Waals surface area contributed by atoms with Crippen LogP contribution >= 0.6 is 0 Å². The van der Waals surface area contributed by atoms with Gasteiger partial charge in [-0.2, -0.15) is 0 Å². The number of hydrogen-bond donors (Lipinski definition) is 0. The van der Waals surface area contributed by atoms with Gasteiger partial charge in [-0.25, -0.2) is 0 Å². The van der Waals surface area contributed by atoms with Crippen LogP contribution in [0.15, 0.2) is 28.4 Å².